The van der Waals surface area contributed by atoms with Crippen LogP contribution < -0.4 is 5.32 Å². The minimum atomic E-state index is 0.759. The molecule has 1 aliphatic rings. The van der Waals surface area contributed by atoms with Crippen molar-refractivity contribution >= 4 is 0 Å². The fraction of sp³-hybridized carbons (Fsp3) is 1.00. The molecule has 0 aromatic carbocycles. The van der Waals surface area contributed by atoms with E-state index in [0.29, 0.717) is 0 Å². The summed E-state index contributed by atoms with van der Waals surface area (Å²) < 4.78 is 0. The molecule has 84 valence electrons. The lowest BCUT2D eigenvalue weighted by Gasteiger charge is -2.38. The number of nitrogens with one attached hydrogen (secondary N) is 1. The SMILES string of the molecule is CCNC1CCN(CC(C)C)C(C)C1. The lowest BCUT2D eigenvalue weighted by Crippen LogP contribution is -2.48. The zero-order valence-electron chi connectivity index (χ0n) is 10.2. The van der Waals surface area contributed by atoms with Gasteiger partial charge >= 0.3 is 0 Å². The number of hydrogen-bond acceptors (Lipinski definition) is 2. The Bertz CT molecular complexity index is 156. The Balaban J connectivity index is 2.32. The lowest BCUT2D eigenvalue weighted by molar-refractivity contribution is 0.122. The third kappa shape index (κ3) is 3.58. The fourth-order valence-corrected chi connectivity index (χ4v) is 2.44. The zero-order valence-corrected chi connectivity index (χ0v) is 10.2. The summed E-state index contributed by atoms with van der Waals surface area (Å²) in [7, 11) is 0. The quantitative estimate of drug-likeness (QED) is 0.744. The summed E-state index contributed by atoms with van der Waals surface area (Å²) in [4.78, 5) is 2.64. The van der Waals surface area contributed by atoms with Gasteiger partial charge in [0, 0.05) is 18.6 Å². The molecule has 2 nitrogen and oxygen atoms in total. The molecule has 0 spiro atoms. The Morgan fingerprint density at radius 1 is 1.43 bits per heavy atom. The van der Waals surface area contributed by atoms with Crippen LogP contribution in [0.25, 0.3) is 0 Å². The first kappa shape index (κ1) is 12.0. The molecular formula is C12H26N2. The van der Waals surface area contributed by atoms with Gasteiger partial charge in [0.15, 0.2) is 0 Å². The first-order chi connectivity index (χ1) is 6.63. The van der Waals surface area contributed by atoms with Gasteiger partial charge in [-0.1, -0.05) is 20.8 Å². The molecule has 1 rings (SSSR count). The van der Waals surface area contributed by atoms with Crippen molar-refractivity contribution in [2.45, 2.75) is 52.6 Å². The molecule has 0 radical (unpaired) electrons. The Kier molecular flexibility index (Phi) is 4.90. The van der Waals surface area contributed by atoms with Gasteiger partial charge in [0.25, 0.3) is 0 Å². The number of nitrogens with zero attached hydrogens (tertiary/aromatic N) is 1. The van der Waals surface area contributed by atoms with Gasteiger partial charge in [0.1, 0.15) is 0 Å². The second-order valence-corrected chi connectivity index (χ2v) is 5.02. The van der Waals surface area contributed by atoms with E-state index >= 15 is 0 Å². The van der Waals surface area contributed by atoms with Crippen molar-refractivity contribution in [3.63, 3.8) is 0 Å². The van der Waals surface area contributed by atoms with Crippen LogP contribution in [0.15, 0.2) is 0 Å². The van der Waals surface area contributed by atoms with Gasteiger partial charge < -0.3 is 10.2 Å². The Morgan fingerprint density at radius 2 is 2.14 bits per heavy atom. The monoisotopic (exact) mass is 198 g/mol. The average molecular weight is 198 g/mol. The topological polar surface area (TPSA) is 15.3 Å². The minimum absolute atomic E-state index is 0.759. The smallest absolute Gasteiger partial charge is 0.00939 e. The maximum absolute atomic E-state index is 3.56. The van der Waals surface area contributed by atoms with Crippen LogP contribution in [0.4, 0.5) is 0 Å². The summed E-state index contributed by atoms with van der Waals surface area (Å²) in [5, 5.41) is 3.56. The van der Waals surface area contributed by atoms with Crippen LogP contribution in [0.3, 0.4) is 0 Å². The maximum Gasteiger partial charge on any atom is 0.00939 e. The normalized spacial score (nSPS) is 29.8. The second kappa shape index (κ2) is 5.72. The zero-order chi connectivity index (χ0) is 10.6. The highest BCUT2D eigenvalue weighted by molar-refractivity contribution is 4.82. The van der Waals surface area contributed by atoms with E-state index in [-0.39, 0.29) is 0 Å². The molecule has 0 bridgehead atoms. The van der Waals surface area contributed by atoms with E-state index < -0.39 is 0 Å². The van der Waals surface area contributed by atoms with Crippen LogP contribution in [0, 0.1) is 5.92 Å². The standard InChI is InChI=1S/C12H26N2/c1-5-13-12-6-7-14(9-10(2)3)11(4)8-12/h10-13H,5-9H2,1-4H3. The van der Waals surface area contributed by atoms with Gasteiger partial charge in [-0.2, -0.15) is 0 Å². The van der Waals surface area contributed by atoms with Crippen LogP contribution in [-0.2, 0) is 0 Å². The summed E-state index contributed by atoms with van der Waals surface area (Å²) in [6.07, 6.45) is 2.64. The van der Waals surface area contributed by atoms with Crippen molar-refractivity contribution in [2.75, 3.05) is 19.6 Å². The molecule has 2 unspecified atom stereocenters. The van der Waals surface area contributed by atoms with Crippen LogP contribution in [-0.4, -0.2) is 36.6 Å². The van der Waals surface area contributed by atoms with E-state index in [1.165, 1.54) is 25.9 Å². The first-order valence-corrected chi connectivity index (χ1v) is 6.11. The molecular weight excluding hydrogens is 172 g/mol. The molecule has 1 N–H and O–H groups in total. The Hall–Kier alpha value is -0.0800. The van der Waals surface area contributed by atoms with E-state index in [4.69, 9.17) is 0 Å². The summed E-state index contributed by atoms with van der Waals surface area (Å²) in [5.41, 5.74) is 0. The second-order valence-electron chi connectivity index (χ2n) is 5.02. The van der Waals surface area contributed by atoms with Gasteiger partial charge in [-0.05, 0) is 38.8 Å². The predicted molar refractivity (Wildman–Crippen MR) is 62.6 cm³/mol. The Labute approximate surface area is 89.1 Å². The van der Waals surface area contributed by atoms with Gasteiger partial charge in [-0.15, -0.1) is 0 Å². The van der Waals surface area contributed by atoms with Gasteiger partial charge in [-0.3, -0.25) is 0 Å². The highest BCUT2D eigenvalue weighted by atomic mass is 15.2. The average Bonchev–Trinajstić information content (AvgIpc) is 2.10. The maximum atomic E-state index is 3.56. The largest absolute Gasteiger partial charge is 0.314 e. The van der Waals surface area contributed by atoms with Gasteiger partial charge in [0.05, 0.1) is 0 Å². The van der Waals surface area contributed by atoms with Crippen molar-refractivity contribution in [1.29, 1.82) is 0 Å². The van der Waals surface area contributed by atoms with Crippen molar-refractivity contribution in [3.05, 3.63) is 0 Å². The predicted octanol–water partition coefficient (Wildman–Crippen LogP) is 2.10. The molecule has 1 aliphatic heterocycles. The third-order valence-electron chi connectivity index (χ3n) is 3.11. The third-order valence-corrected chi connectivity index (χ3v) is 3.11. The van der Waals surface area contributed by atoms with Crippen LogP contribution >= 0.6 is 0 Å². The van der Waals surface area contributed by atoms with Gasteiger partial charge in [-0.25, -0.2) is 0 Å². The van der Waals surface area contributed by atoms with Crippen molar-refractivity contribution in [1.82, 2.24) is 10.2 Å². The number of piperidine rings is 1. The molecule has 1 saturated heterocycles. The first-order valence-electron chi connectivity index (χ1n) is 6.11. The fourth-order valence-electron chi connectivity index (χ4n) is 2.44. The molecule has 0 aromatic rings. The van der Waals surface area contributed by atoms with Crippen molar-refractivity contribution in [3.8, 4) is 0 Å². The molecule has 0 saturated carbocycles. The Morgan fingerprint density at radius 3 is 2.64 bits per heavy atom. The molecule has 14 heavy (non-hydrogen) atoms. The highest BCUT2D eigenvalue weighted by Gasteiger charge is 2.24. The molecule has 1 heterocycles. The highest BCUT2D eigenvalue weighted by Crippen LogP contribution is 2.18. The summed E-state index contributed by atoms with van der Waals surface area (Å²) >= 11 is 0. The van der Waals surface area contributed by atoms with E-state index in [1.807, 2.05) is 0 Å². The minimum Gasteiger partial charge on any atom is -0.314 e. The van der Waals surface area contributed by atoms with E-state index in [2.05, 4.69) is 37.9 Å². The molecule has 0 aromatic heterocycles. The summed E-state index contributed by atoms with van der Waals surface area (Å²) in [6.45, 7) is 12.8. The number of hydrogen-bond donors (Lipinski definition) is 1. The molecule has 2 atom stereocenters. The van der Waals surface area contributed by atoms with Crippen LogP contribution in [0.5, 0.6) is 0 Å². The van der Waals surface area contributed by atoms with E-state index in [9.17, 15) is 0 Å². The number of likely N-dealkylation sites (tertiary alicyclic amines) is 1. The van der Waals surface area contributed by atoms with Crippen molar-refractivity contribution < 1.29 is 0 Å². The molecule has 0 amide bonds. The van der Waals surface area contributed by atoms with Crippen LogP contribution in [0.1, 0.15) is 40.5 Å². The number of rotatable bonds is 4. The summed E-state index contributed by atoms with van der Waals surface area (Å²) in [5.74, 6) is 0.799. The van der Waals surface area contributed by atoms with Gasteiger partial charge in [0.2, 0.25) is 0 Å². The lowest BCUT2D eigenvalue weighted by atomic mass is 9.97. The van der Waals surface area contributed by atoms with E-state index in [1.54, 1.807) is 0 Å². The molecule has 0 aliphatic carbocycles. The van der Waals surface area contributed by atoms with Crippen LogP contribution in [0.2, 0.25) is 0 Å². The molecule has 1 fully saturated rings. The van der Waals surface area contributed by atoms with E-state index in [0.717, 1.165) is 24.5 Å². The summed E-state index contributed by atoms with van der Waals surface area (Å²) in [6, 6.07) is 1.52. The molecule has 2 heteroatoms. The van der Waals surface area contributed by atoms with Crippen molar-refractivity contribution in [2.24, 2.45) is 5.92 Å².